The fourth-order valence-electron chi connectivity index (χ4n) is 2.51. The van der Waals surface area contributed by atoms with Crippen LogP contribution in [0.3, 0.4) is 0 Å². The van der Waals surface area contributed by atoms with Crippen LogP contribution in [0.5, 0.6) is 17.2 Å². The van der Waals surface area contributed by atoms with Crippen molar-refractivity contribution < 1.29 is 18.6 Å². The molecule has 0 saturated heterocycles. The molecule has 3 aromatic rings. The zero-order valence-corrected chi connectivity index (χ0v) is 15.7. The third-order valence-electron chi connectivity index (χ3n) is 3.74. The highest BCUT2D eigenvalue weighted by molar-refractivity contribution is 7.71. The van der Waals surface area contributed by atoms with E-state index >= 15 is 0 Å². The number of nitrogens with one attached hydrogen (secondary N) is 1. The molecule has 1 N–H and O–H groups in total. The lowest BCUT2D eigenvalue weighted by atomic mass is 10.1. The molecule has 0 fully saturated rings. The summed E-state index contributed by atoms with van der Waals surface area (Å²) in [4.78, 5) is 0. The van der Waals surface area contributed by atoms with Crippen LogP contribution in [0.4, 0.5) is 4.39 Å². The minimum absolute atomic E-state index is 0.284. The Morgan fingerprint density at radius 2 is 1.81 bits per heavy atom. The fourth-order valence-corrected chi connectivity index (χ4v) is 2.69. The van der Waals surface area contributed by atoms with E-state index in [9.17, 15) is 4.39 Å². The van der Waals surface area contributed by atoms with Gasteiger partial charge in [0.15, 0.2) is 17.3 Å². The lowest BCUT2D eigenvalue weighted by molar-refractivity contribution is 0.324. The maximum absolute atomic E-state index is 13.3. The van der Waals surface area contributed by atoms with Crippen LogP contribution in [0.2, 0.25) is 0 Å². The Hall–Kier alpha value is -3.20. The monoisotopic (exact) mass is 388 g/mol. The molecule has 0 aliphatic carbocycles. The summed E-state index contributed by atoms with van der Waals surface area (Å²) in [7, 11) is 4.58. The van der Waals surface area contributed by atoms with Crippen LogP contribution in [0.25, 0.3) is 11.4 Å². The van der Waals surface area contributed by atoms with Gasteiger partial charge in [-0.1, -0.05) is 12.1 Å². The Kier molecular flexibility index (Phi) is 5.51. The Labute approximate surface area is 160 Å². The molecule has 0 atom stereocenters. The van der Waals surface area contributed by atoms with Gasteiger partial charge in [0.05, 0.1) is 27.5 Å². The van der Waals surface area contributed by atoms with Gasteiger partial charge in [0.2, 0.25) is 10.5 Å². The average Bonchev–Trinajstić information content (AvgIpc) is 3.05. The van der Waals surface area contributed by atoms with Gasteiger partial charge < -0.3 is 14.2 Å². The number of aromatic amines is 1. The molecule has 1 aromatic heterocycles. The van der Waals surface area contributed by atoms with E-state index in [1.807, 2.05) is 0 Å². The highest BCUT2D eigenvalue weighted by atomic mass is 32.1. The highest BCUT2D eigenvalue weighted by Crippen LogP contribution is 2.40. The van der Waals surface area contributed by atoms with E-state index in [2.05, 4.69) is 15.3 Å². The van der Waals surface area contributed by atoms with Gasteiger partial charge in [-0.3, -0.25) is 0 Å². The SMILES string of the molecule is COc1cc(-c2n[nH]c(=S)n2N=Cc2cccc(F)c2)cc(OC)c1OC. The van der Waals surface area contributed by atoms with Crippen LogP contribution in [0.15, 0.2) is 41.5 Å². The average molecular weight is 388 g/mol. The summed E-state index contributed by atoms with van der Waals surface area (Å²) in [6.45, 7) is 0. The normalized spacial score (nSPS) is 11.0. The second kappa shape index (κ2) is 8.00. The number of hydrogen-bond acceptors (Lipinski definition) is 6. The predicted octanol–water partition coefficient (Wildman–Crippen LogP) is 3.65. The molecule has 0 spiro atoms. The molecule has 2 aromatic carbocycles. The van der Waals surface area contributed by atoms with Crippen molar-refractivity contribution in [2.24, 2.45) is 5.10 Å². The summed E-state index contributed by atoms with van der Waals surface area (Å²) >= 11 is 5.25. The quantitative estimate of drug-likeness (QED) is 0.515. The lowest BCUT2D eigenvalue weighted by Gasteiger charge is -2.13. The first-order valence-electron chi connectivity index (χ1n) is 7.85. The number of methoxy groups -OCH3 is 3. The number of benzene rings is 2. The third kappa shape index (κ3) is 3.82. The van der Waals surface area contributed by atoms with Crippen LogP contribution < -0.4 is 14.2 Å². The zero-order valence-electron chi connectivity index (χ0n) is 14.9. The lowest BCUT2D eigenvalue weighted by Crippen LogP contribution is -1.99. The number of aromatic nitrogens is 3. The fraction of sp³-hybridized carbons (Fsp3) is 0.167. The summed E-state index contributed by atoms with van der Waals surface area (Å²) in [6, 6.07) is 9.54. The van der Waals surface area contributed by atoms with Crippen molar-refractivity contribution >= 4 is 18.4 Å². The van der Waals surface area contributed by atoms with Gasteiger partial charge in [-0.25, -0.2) is 9.49 Å². The first-order valence-corrected chi connectivity index (χ1v) is 8.26. The van der Waals surface area contributed by atoms with Gasteiger partial charge in [-0.05, 0) is 42.0 Å². The molecule has 0 unspecified atom stereocenters. The van der Waals surface area contributed by atoms with Crippen LogP contribution >= 0.6 is 12.2 Å². The molecule has 27 heavy (non-hydrogen) atoms. The van der Waals surface area contributed by atoms with E-state index in [0.717, 1.165) is 0 Å². The van der Waals surface area contributed by atoms with Crippen molar-refractivity contribution in [3.8, 4) is 28.6 Å². The minimum atomic E-state index is -0.348. The molecule has 0 radical (unpaired) electrons. The summed E-state index contributed by atoms with van der Waals surface area (Å²) in [5, 5.41) is 11.3. The second-order valence-corrected chi connectivity index (χ2v) is 5.76. The topological polar surface area (TPSA) is 73.7 Å². The van der Waals surface area contributed by atoms with E-state index in [-0.39, 0.29) is 10.6 Å². The maximum Gasteiger partial charge on any atom is 0.216 e. The molecule has 0 aliphatic rings. The largest absolute Gasteiger partial charge is 0.493 e. The number of halogens is 1. The first-order chi connectivity index (χ1) is 13.1. The molecule has 7 nitrogen and oxygen atoms in total. The first kappa shape index (κ1) is 18.6. The van der Waals surface area contributed by atoms with E-state index in [1.54, 1.807) is 24.3 Å². The number of H-pyrrole nitrogens is 1. The van der Waals surface area contributed by atoms with Crippen molar-refractivity contribution in [3.63, 3.8) is 0 Å². The van der Waals surface area contributed by atoms with Crippen molar-refractivity contribution in [3.05, 3.63) is 52.5 Å². The van der Waals surface area contributed by atoms with Gasteiger partial charge in [-0.2, -0.15) is 14.9 Å². The minimum Gasteiger partial charge on any atom is -0.493 e. The second-order valence-electron chi connectivity index (χ2n) is 5.38. The zero-order chi connectivity index (χ0) is 19.4. The third-order valence-corrected chi connectivity index (χ3v) is 4.01. The van der Waals surface area contributed by atoms with Crippen LogP contribution in [0.1, 0.15) is 5.56 Å². The Morgan fingerprint density at radius 1 is 1.11 bits per heavy atom. The van der Waals surface area contributed by atoms with Crippen molar-refractivity contribution in [1.29, 1.82) is 0 Å². The summed E-state index contributed by atoms with van der Waals surface area (Å²) in [6.07, 6.45) is 1.50. The van der Waals surface area contributed by atoms with Gasteiger partial charge >= 0.3 is 0 Å². The Bertz CT molecular complexity index is 1020. The Balaban J connectivity index is 2.08. The number of ether oxygens (including phenoxy) is 3. The maximum atomic E-state index is 13.3. The van der Waals surface area contributed by atoms with Gasteiger partial charge in [0.1, 0.15) is 5.82 Å². The molecular weight excluding hydrogens is 371 g/mol. The molecule has 0 bridgehead atoms. The number of nitrogens with zero attached hydrogens (tertiary/aromatic N) is 3. The summed E-state index contributed by atoms with van der Waals surface area (Å²) < 4.78 is 31.1. The number of rotatable bonds is 6. The van der Waals surface area contributed by atoms with E-state index in [1.165, 1.54) is 44.4 Å². The van der Waals surface area contributed by atoms with Gasteiger partial charge in [0.25, 0.3) is 0 Å². The van der Waals surface area contributed by atoms with Crippen molar-refractivity contribution in [2.75, 3.05) is 21.3 Å². The standard InChI is InChI=1S/C18H17FN4O3S/c1-24-14-8-12(9-15(25-2)16(14)26-3)17-21-22-18(27)23(17)20-10-11-5-4-6-13(19)7-11/h4-10H,1-3H3,(H,22,27). The van der Waals surface area contributed by atoms with E-state index in [4.69, 9.17) is 26.4 Å². The predicted molar refractivity (Wildman–Crippen MR) is 102 cm³/mol. The number of hydrogen-bond donors (Lipinski definition) is 1. The van der Waals surface area contributed by atoms with Gasteiger partial charge in [0, 0.05) is 5.56 Å². The molecular formula is C18H17FN4O3S. The van der Waals surface area contributed by atoms with Crippen LogP contribution in [-0.2, 0) is 0 Å². The van der Waals surface area contributed by atoms with Crippen LogP contribution in [-0.4, -0.2) is 42.4 Å². The molecule has 0 amide bonds. The van der Waals surface area contributed by atoms with Gasteiger partial charge in [-0.15, -0.1) is 0 Å². The molecule has 3 rings (SSSR count). The van der Waals surface area contributed by atoms with E-state index < -0.39 is 0 Å². The molecule has 1 heterocycles. The smallest absolute Gasteiger partial charge is 0.216 e. The molecule has 0 saturated carbocycles. The van der Waals surface area contributed by atoms with Crippen molar-refractivity contribution in [1.82, 2.24) is 14.9 Å². The summed E-state index contributed by atoms with van der Waals surface area (Å²) in [5.41, 5.74) is 1.24. The highest BCUT2D eigenvalue weighted by Gasteiger charge is 2.17. The van der Waals surface area contributed by atoms with Crippen molar-refractivity contribution in [2.45, 2.75) is 0 Å². The molecule has 0 aliphatic heterocycles. The van der Waals surface area contributed by atoms with Crippen LogP contribution in [0, 0.1) is 10.6 Å². The summed E-state index contributed by atoms with van der Waals surface area (Å²) in [5.74, 6) is 1.50. The molecule has 9 heteroatoms. The van der Waals surface area contributed by atoms with E-state index in [0.29, 0.717) is 34.2 Å². The molecule has 140 valence electrons. The Morgan fingerprint density at radius 3 is 2.41 bits per heavy atom.